The lowest BCUT2D eigenvalue weighted by Gasteiger charge is -2.26. The van der Waals surface area contributed by atoms with Crippen molar-refractivity contribution >= 4 is 33.2 Å². The lowest BCUT2D eigenvalue weighted by molar-refractivity contribution is 0.757. The summed E-state index contributed by atoms with van der Waals surface area (Å²) in [6.07, 6.45) is 0. The van der Waals surface area contributed by atoms with Gasteiger partial charge in [0, 0.05) is 22.1 Å². The largest absolute Gasteiger partial charge is 0.323 e. The quantitative estimate of drug-likeness (QED) is 0.312. The summed E-state index contributed by atoms with van der Waals surface area (Å²) in [6.45, 7) is 4.75. The van der Waals surface area contributed by atoms with Crippen LogP contribution in [0.15, 0.2) is 109 Å². The van der Waals surface area contributed by atoms with Crippen LogP contribution in [0.2, 0.25) is 0 Å². The van der Waals surface area contributed by atoms with Gasteiger partial charge >= 0.3 is 0 Å². The smallest absolute Gasteiger partial charge is 0.1000 e. The molecule has 0 aliphatic carbocycles. The Morgan fingerprint density at radius 1 is 0.517 bits per heavy atom. The van der Waals surface area contributed by atoms with Gasteiger partial charge in [-0.3, -0.25) is 0 Å². The SMILES string of the molecule is CC.c1ccc(N(Cn2c3ccccc3c3ccccc32)c2ccccc2)cc1. The Balaban J connectivity index is 0.000000994. The Morgan fingerprint density at radius 3 is 1.34 bits per heavy atom. The highest BCUT2D eigenvalue weighted by Crippen LogP contribution is 2.32. The molecule has 0 spiro atoms. The van der Waals surface area contributed by atoms with Gasteiger partial charge in [0.25, 0.3) is 0 Å². The molecule has 5 rings (SSSR count). The lowest BCUT2D eigenvalue weighted by Crippen LogP contribution is -2.20. The molecule has 0 aliphatic heterocycles. The Labute approximate surface area is 172 Å². The van der Waals surface area contributed by atoms with E-state index < -0.39 is 0 Å². The summed E-state index contributed by atoms with van der Waals surface area (Å²) in [6, 6.07) is 38.5. The zero-order valence-electron chi connectivity index (χ0n) is 17.0. The van der Waals surface area contributed by atoms with Gasteiger partial charge in [0.1, 0.15) is 0 Å². The molecule has 0 saturated heterocycles. The van der Waals surface area contributed by atoms with Crippen LogP contribution in [0, 0.1) is 0 Å². The first-order valence-electron chi connectivity index (χ1n) is 10.3. The third-order valence-electron chi connectivity index (χ3n) is 5.10. The normalized spacial score (nSPS) is 10.6. The summed E-state index contributed by atoms with van der Waals surface area (Å²) >= 11 is 0. The summed E-state index contributed by atoms with van der Waals surface area (Å²) in [5, 5.41) is 2.60. The second-order valence-corrected chi connectivity index (χ2v) is 6.70. The zero-order chi connectivity index (χ0) is 20.1. The number of para-hydroxylation sites is 4. The van der Waals surface area contributed by atoms with Gasteiger partial charge in [0.05, 0.1) is 17.7 Å². The van der Waals surface area contributed by atoms with Gasteiger partial charge in [-0.15, -0.1) is 0 Å². The predicted molar refractivity (Wildman–Crippen MR) is 126 cm³/mol. The monoisotopic (exact) mass is 378 g/mol. The molecule has 0 aliphatic rings. The Kier molecular flexibility index (Phi) is 5.62. The number of rotatable bonds is 4. The molecular formula is C27H26N2. The van der Waals surface area contributed by atoms with Crippen LogP contribution >= 0.6 is 0 Å². The molecule has 0 atom stereocenters. The number of aromatic nitrogens is 1. The molecule has 4 aromatic carbocycles. The summed E-state index contributed by atoms with van der Waals surface area (Å²) < 4.78 is 2.41. The fraction of sp³-hybridized carbons (Fsp3) is 0.111. The van der Waals surface area contributed by atoms with E-state index in [1.807, 2.05) is 13.8 Å². The van der Waals surface area contributed by atoms with Crippen LogP contribution in [0.3, 0.4) is 0 Å². The van der Waals surface area contributed by atoms with E-state index in [0.717, 1.165) is 6.67 Å². The number of hydrogen-bond acceptors (Lipinski definition) is 1. The van der Waals surface area contributed by atoms with E-state index in [0.29, 0.717) is 0 Å². The van der Waals surface area contributed by atoms with Crippen molar-refractivity contribution in [2.75, 3.05) is 4.90 Å². The van der Waals surface area contributed by atoms with Crippen LogP contribution < -0.4 is 4.90 Å². The molecule has 0 amide bonds. The molecule has 1 heterocycles. The fourth-order valence-electron chi connectivity index (χ4n) is 3.83. The van der Waals surface area contributed by atoms with E-state index in [9.17, 15) is 0 Å². The number of fused-ring (bicyclic) bond motifs is 3. The van der Waals surface area contributed by atoms with E-state index >= 15 is 0 Å². The maximum atomic E-state index is 2.41. The highest BCUT2D eigenvalue weighted by atomic mass is 15.3. The van der Waals surface area contributed by atoms with Crippen molar-refractivity contribution in [2.45, 2.75) is 20.5 Å². The van der Waals surface area contributed by atoms with Gasteiger partial charge in [0.2, 0.25) is 0 Å². The molecule has 5 aromatic rings. The molecule has 0 unspecified atom stereocenters. The third kappa shape index (κ3) is 3.62. The first-order chi connectivity index (χ1) is 14.4. The highest BCUT2D eigenvalue weighted by Gasteiger charge is 2.14. The van der Waals surface area contributed by atoms with Gasteiger partial charge in [-0.1, -0.05) is 86.6 Å². The predicted octanol–water partition coefficient (Wildman–Crippen LogP) is 7.62. The van der Waals surface area contributed by atoms with Crippen molar-refractivity contribution < 1.29 is 0 Å². The van der Waals surface area contributed by atoms with Crippen LogP contribution in [0.25, 0.3) is 21.8 Å². The first kappa shape index (κ1) is 18.8. The average molecular weight is 379 g/mol. The van der Waals surface area contributed by atoms with Gasteiger partial charge in [-0.2, -0.15) is 0 Å². The number of nitrogens with zero attached hydrogens (tertiary/aromatic N) is 2. The second kappa shape index (κ2) is 8.66. The number of hydrogen-bond donors (Lipinski definition) is 0. The molecule has 2 nitrogen and oxygen atoms in total. The molecule has 0 radical (unpaired) electrons. The van der Waals surface area contributed by atoms with Crippen molar-refractivity contribution in [3.8, 4) is 0 Å². The van der Waals surface area contributed by atoms with Crippen LogP contribution in [-0.4, -0.2) is 4.57 Å². The maximum Gasteiger partial charge on any atom is 0.1000 e. The Hall–Kier alpha value is -3.52. The van der Waals surface area contributed by atoms with E-state index in [1.165, 1.54) is 33.2 Å². The first-order valence-corrected chi connectivity index (χ1v) is 10.3. The third-order valence-corrected chi connectivity index (χ3v) is 5.10. The highest BCUT2D eigenvalue weighted by molar-refractivity contribution is 6.08. The van der Waals surface area contributed by atoms with Crippen LogP contribution in [0.4, 0.5) is 11.4 Å². The van der Waals surface area contributed by atoms with Crippen molar-refractivity contribution in [3.05, 3.63) is 109 Å². The van der Waals surface area contributed by atoms with E-state index in [-0.39, 0.29) is 0 Å². The van der Waals surface area contributed by atoms with Crippen molar-refractivity contribution in [3.63, 3.8) is 0 Å². The van der Waals surface area contributed by atoms with E-state index in [4.69, 9.17) is 0 Å². The van der Waals surface area contributed by atoms with Crippen LogP contribution in [0.1, 0.15) is 13.8 Å². The minimum Gasteiger partial charge on any atom is -0.323 e. The lowest BCUT2D eigenvalue weighted by atomic mass is 10.2. The van der Waals surface area contributed by atoms with Crippen LogP contribution in [0.5, 0.6) is 0 Å². The van der Waals surface area contributed by atoms with Crippen molar-refractivity contribution in [2.24, 2.45) is 0 Å². The molecule has 29 heavy (non-hydrogen) atoms. The van der Waals surface area contributed by atoms with Gasteiger partial charge in [-0.25, -0.2) is 0 Å². The maximum absolute atomic E-state index is 2.41. The Morgan fingerprint density at radius 2 is 0.897 bits per heavy atom. The topological polar surface area (TPSA) is 8.17 Å². The summed E-state index contributed by atoms with van der Waals surface area (Å²) in [7, 11) is 0. The minimum absolute atomic E-state index is 0.752. The van der Waals surface area contributed by atoms with Gasteiger partial charge in [-0.05, 0) is 36.4 Å². The molecule has 0 fully saturated rings. The van der Waals surface area contributed by atoms with E-state index in [1.54, 1.807) is 0 Å². The standard InChI is InChI=1S/C25H20N2.C2H6/c1-3-11-20(12-4-1)26(21-13-5-2-6-14-21)19-27-24-17-9-7-15-22(24)23-16-8-10-18-25(23)27;1-2/h1-18H,19H2;1-2H3. The summed E-state index contributed by atoms with van der Waals surface area (Å²) in [5.74, 6) is 0. The second-order valence-electron chi connectivity index (χ2n) is 6.70. The molecular weight excluding hydrogens is 352 g/mol. The molecule has 0 N–H and O–H groups in total. The molecule has 1 aromatic heterocycles. The Bertz CT molecular complexity index is 1100. The van der Waals surface area contributed by atoms with Crippen LogP contribution in [-0.2, 0) is 6.67 Å². The number of benzene rings is 4. The summed E-state index contributed by atoms with van der Waals surface area (Å²) in [4.78, 5) is 2.36. The van der Waals surface area contributed by atoms with Gasteiger partial charge in [0.15, 0.2) is 0 Å². The summed E-state index contributed by atoms with van der Waals surface area (Å²) in [5.41, 5.74) is 4.89. The number of anilines is 2. The molecule has 0 bridgehead atoms. The van der Waals surface area contributed by atoms with E-state index in [2.05, 4.69) is 119 Å². The average Bonchev–Trinajstić information content (AvgIpc) is 3.14. The minimum atomic E-state index is 0.752. The zero-order valence-corrected chi connectivity index (χ0v) is 17.0. The molecule has 0 saturated carbocycles. The molecule has 144 valence electrons. The molecule has 2 heteroatoms. The van der Waals surface area contributed by atoms with Crippen molar-refractivity contribution in [1.29, 1.82) is 0 Å². The van der Waals surface area contributed by atoms with Gasteiger partial charge < -0.3 is 9.47 Å². The van der Waals surface area contributed by atoms with Crippen molar-refractivity contribution in [1.82, 2.24) is 4.57 Å². The fourth-order valence-corrected chi connectivity index (χ4v) is 3.83.